The molecule has 27 heavy (non-hydrogen) atoms. The summed E-state index contributed by atoms with van der Waals surface area (Å²) >= 11 is 1.60. The number of hydrogen-bond acceptors (Lipinski definition) is 5. The molecule has 0 unspecified atom stereocenters. The van der Waals surface area contributed by atoms with Crippen molar-refractivity contribution in [3.8, 4) is 0 Å². The number of halogens is 1. The van der Waals surface area contributed by atoms with Crippen molar-refractivity contribution in [3.63, 3.8) is 0 Å². The number of hydrogen-bond donors (Lipinski definition) is 2. The van der Waals surface area contributed by atoms with Crippen LogP contribution < -0.4 is 0 Å². The minimum absolute atomic E-state index is 0.149. The summed E-state index contributed by atoms with van der Waals surface area (Å²) in [4.78, 5) is 23.9. The van der Waals surface area contributed by atoms with E-state index in [9.17, 15) is 19.1 Å². The molecule has 1 saturated heterocycles. The maximum Gasteiger partial charge on any atom is 0.410 e. The van der Waals surface area contributed by atoms with Gasteiger partial charge in [0.2, 0.25) is 0 Å². The molecule has 1 aliphatic heterocycles. The first-order valence-corrected chi connectivity index (χ1v) is 9.95. The number of aliphatic hydroxyl groups is 1. The third kappa shape index (κ3) is 7.60. The van der Waals surface area contributed by atoms with Gasteiger partial charge in [-0.1, -0.05) is 24.3 Å². The standard InChI is InChI=1S/C19H24FNO5S/c20-15-5-3-14(4-6-15)12-17(22)8-7-16-13-26-19(25)21(16)9-11-27-10-1-2-18(23)24/h3-8,16-17,22H,1-2,9-13H2,(H,23,24)/t16-,17+/m0/s1. The van der Waals surface area contributed by atoms with Crippen LogP contribution in [0.25, 0.3) is 0 Å². The predicted octanol–water partition coefficient (Wildman–Crippen LogP) is 2.70. The monoisotopic (exact) mass is 397 g/mol. The number of nitrogens with zero attached hydrogens (tertiary/aromatic N) is 1. The lowest BCUT2D eigenvalue weighted by atomic mass is 10.1. The molecule has 0 saturated carbocycles. The number of carboxylic acids is 1. The van der Waals surface area contributed by atoms with Crippen LogP contribution in [0.3, 0.4) is 0 Å². The van der Waals surface area contributed by atoms with Gasteiger partial charge in [-0.25, -0.2) is 9.18 Å². The van der Waals surface area contributed by atoms with Gasteiger partial charge < -0.3 is 14.9 Å². The first-order chi connectivity index (χ1) is 13.0. The SMILES string of the molecule is O=C(O)CCCSCCN1C(=O)OC[C@@H]1C=C[C@@H](O)Cc1ccc(F)cc1. The summed E-state index contributed by atoms with van der Waals surface area (Å²) in [6.07, 6.45) is 3.37. The van der Waals surface area contributed by atoms with Crippen molar-refractivity contribution in [1.29, 1.82) is 0 Å². The fraction of sp³-hybridized carbons (Fsp3) is 0.474. The first-order valence-electron chi connectivity index (χ1n) is 8.79. The number of carbonyl (C=O) groups excluding carboxylic acids is 1. The lowest BCUT2D eigenvalue weighted by molar-refractivity contribution is -0.137. The van der Waals surface area contributed by atoms with E-state index in [1.807, 2.05) is 0 Å². The van der Waals surface area contributed by atoms with Crippen LogP contribution in [-0.2, 0) is 16.0 Å². The molecular weight excluding hydrogens is 373 g/mol. The molecule has 1 aromatic rings. The number of benzene rings is 1. The van der Waals surface area contributed by atoms with Crippen molar-refractivity contribution in [1.82, 2.24) is 4.90 Å². The minimum atomic E-state index is -0.803. The van der Waals surface area contributed by atoms with Crippen molar-refractivity contribution < 1.29 is 28.9 Å². The van der Waals surface area contributed by atoms with Gasteiger partial charge in [-0.2, -0.15) is 11.8 Å². The lowest BCUT2D eigenvalue weighted by Crippen LogP contribution is -2.34. The molecule has 1 fully saturated rings. The molecule has 1 amide bonds. The van der Waals surface area contributed by atoms with Gasteiger partial charge in [-0.05, 0) is 29.9 Å². The Labute approximate surface area is 162 Å². The highest BCUT2D eigenvalue weighted by molar-refractivity contribution is 7.99. The van der Waals surface area contributed by atoms with Crippen molar-refractivity contribution in [2.45, 2.75) is 31.4 Å². The molecule has 0 radical (unpaired) electrons. The Bertz CT molecular complexity index is 652. The molecule has 2 atom stereocenters. The van der Waals surface area contributed by atoms with Crippen LogP contribution in [0.15, 0.2) is 36.4 Å². The number of carbonyl (C=O) groups is 2. The Hall–Kier alpha value is -2.06. The smallest absolute Gasteiger partial charge is 0.410 e. The van der Waals surface area contributed by atoms with Gasteiger partial charge in [0.05, 0.1) is 12.1 Å². The van der Waals surface area contributed by atoms with Crippen molar-refractivity contribution >= 4 is 23.8 Å². The molecule has 1 aromatic carbocycles. The number of amides is 1. The number of thioether (sulfide) groups is 1. The van der Waals surface area contributed by atoms with Crippen LogP contribution in [0.4, 0.5) is 9.18 Å². The summed E-state index contributed by atoms with van der Waals surface area (Å²) in [6.45, 7) is 0.738. The van der Waals surface area contributed by atoms with Crippen molar-refractivity contribution in [2.24, 2.45) is 0 Å². The molecule has 0 spiro atoms. The van der Waals surface area contributed by atoms with Crippen LogP contribution in [-0.4, -0.2) is 64.0 Å². The normalized spacial score (nSPS) is 18.1. The minimum Gasteiger partial charge on any atom is -0.481 e. The van der Waals surface area contributed by atoms with Gasteiger partial charge >= 0.3 is 12.1 Å². The van der Waals surface area contributed by atoms with Crippen LogP contribution in [0.2, 0.25) is 0 Å². The fourth-order valence-corrected chi connectivity index (χ4v) is 3.54. The van der Waals surface area contributed by atoms with Crippen LogP contribution >= 0.6 is 11.8 Å². The topological polar surface area (TPSA) is 87.1 Å². The van der Waals surface area contributed by atoms with Gasteiger partial charge in [0, 0.05) is 25.1 Å². The van der Waals surface area contributed by atoms with Crippen LogP contribution in [0, 0.1) is 5.82 Å². The lowest BCUT2D eigenvalue weighted by Gasteiger charge is -2.18. The molecule has 0 aliphatic carbocycles. The second-order valence-corrected chi connectivity index (χ2v) is 7.45. The van der Waals surface area contributed by atoms with E-state index >= 15 is 0 Å². The van der Waals surface area contributed by atoms with E-state index in [-0.39, 0.29) is 31.0 Å². The molecule has 6 nitrogen and oxygen atoms in total. The second-order valence-electron chi connectivity index (χ2n) is 6.23. The molecular formula is C19H24FNO5S. The maximum absolute atomic E-state index is 12.9. The zero-order chi connectivity index (χ0) is 19.6. The van der Waals surface area contributed by atoms with E-state index in [1.54, 1.807) is 40.9 Å². The van der Waals surface area contributed by atoms with Crippen molar-refractivity contribution in [3.05, 3.63) is 47.8 Å². The largest absolute Gasteiger partial charge is 0.481 e. The highest BCUT2D eigenvalue weighted by atomic mass is 32.2. The van der Waals surface area contributed by atoms with Gasteiger partial charge in [-0.3, -0.25) is 9.69 Å². The summed E-state index contributed by atoms with van der Waals surface area (Å²) < 4.78 is 18.0. The summed E-state index contributed by atoms with van der Waals surface area (Å²) in [7, 11) is 0. The third-order valence-corrected chi connectivity index (χ3v) is 5.13. The van der Waals surface area contributed by atoms with E-state index in [2.05, 4.69) is 0 Å². The Morgan fingerprint density at radius 3 is 2.81 bits per heavy atom. The molecule has 2 rings (SSSR count). The summed E-state index contributed by atoms with van der Waals surface area (Å²) in [5, 5.41) is 18.7. The Morgan fingerprint density at radius 2 is 2.11 bits per heavy atom. The third-order valence-electron chi connectivity index (χ3n) is 4.08. The number of cyclic esters (lactones) is 1. The molecule has 0 aromatic heterocycles. The van der Waals surface area contributed by atoms with Crippen LogP contribution in [0.1, 0.15) is 18.4 Å². The van der Waals surface area contributed by atoms with Gasteiger partial charge in [0.25, 0.3) is 0 Å². The molecule has 1 aliphatic rings. The van der Waals surface area contributed by atoms with E-state index in [1.165, 1.54) is 12.1 Å². The van der Waals surface area contributed by atoms with Gasteiger partial charge in [-0.15, -0.1) is 0 Å². The molecule has 0 bridgehead atoms. The van der Waals surface area contributed by atoms with Gasteiger partial charge in [0.1, 0.15) is 12.4 Å². The highest BCUT2D eigenvalue weighted by Crippen LogP contribution is 2.16. The first kappa shape index (κ1) is 21.2. The summed E-state index contributed by atoms with van der Waals surface area (Å²) in [5.41, 5.74) is 0.821. The number of aliphatic hydroxyl groups excluding tert-OH is 1. The van der Waals surface area contributed by atoms with E-state index in [0.29, 0.717) is 25.1 Å². The van der Waals surface area contributed by atoms with E-state index < -0.39 is 12.1 Å². The average Bonchev–Trinajstić information content (AvgIpc) is 2.98. The molecule has 1 heterocycles. The number of rotatable bonds is 11. The maximum atomic E-state index is 12.9. The average molecular weight is 397 g/mol. The molecule has 2 N–H and O–H groups in total. The van der Waals surface area contributed by atoms with E-state index in [4.69, 9.17) is 9.84 Å². The number of carboxylic acid groups (broad SMARTS) is 1. The quantitative estimate of drug-likeness (QED) is 0.441. The number of ether oxygens (including phenoxy) is 1. The summed E-state index contributed by atoms with van der Waals surface area (Å²) in [5.74, 6) is 0.300. The Morgan fingerprint density at radius 1 is 1.37 bits per heavy atom. The Balaban J connectivity index is 1.76. The fourth-order valence-electron chi connectivity index (χ4n) is 2.66. The predicted molar refractivity (Wildman–Crippen MR) is 101 cm³/mol. The van der Waals surface area contributed by atoms with E-state index in [0.717, 1.165) is 11.3 Å². The van der Waals surface area contributed by atoms with Gasteiger partial charge in [0.15, 0.2) is 0 Å². The highest BCUT2D eigenvalue weighted by Gasteiger charge is 2.30. The van der Waals surface area contributed by atoms with Crippen molar-refractivity contribution in [2.75, 3.05) is 24.7 Å². The Kier molecular flexibility index (Phi) is 8.60. The second kappa shape index (κ2) is 10.9. The summed E-state index contributed by atoms with van der Waals surface area (Å²) in [6, 6.07) is 5.72. The number of aliphatic carboxylic acids is 1. The zero-order valence-corrected chi connectivity index (χ0v) is 15.7. The molecule has 148 valence electrons. The zero-order valence-electron chi connectivity index (χ0n) is 14.9. The molecule has 8 heteroatoms. The van der Waals surface area contributed by atoms with Crippen LogP contribution in [0.5, 0.6) is 0 Å².